The van der Waals surface area contributed by atoms with E-state index in [1.54, 1.807) is 4.90 Å². The molecule has 3 rings (SSSR count). The molecule has 2 aliphatic heterocycles. The molecular formula is C21H29N3O3. The lowest BCUT2D eigenvalue weighted by atomic mass is 9.83. The number of rotatable bonds is 6. The van der Waals surface area contributed by atoms with Crippen LogP contribution in [0.4, 0.5) is 0 Å². The van der Waals surface area contributed by atoms with E-state index in [-0.39, 0.29) is 29.7 Å². The second-order valence-electron chi connectivity index (χ2n) is 7.46. The summed E-state index contributed by atoms with van der Waals surface area (Å²) in [6.45, 7) is 6.37. The SMILES string of the molecule is CCN1C(=O)CC[C@@H](C(=O)NCCN2CCCC2=O)[C@@H]1c1ccc(C)cc1. The molecule has 0 bridgehead atoms. The molecule has 146 valence electrons. The minimum atomic E-state index is -0.264. The summed E-state index contributed by atoms with van der Waals surface area (Å²) < 4.78 is 0. The standard InChI is InChI=1S/C21H29N3O3/c1-3-24-19(26)11-10-17(20(24)16-8-6-15(2)7-9-16)21(27)22-12-14-23-13-4-5-18(23)25/h6-9,17,20H,3-5,10-14H2,1-2H3,(H,22,27)/t17-,20+/m1/s1. The maximum absolute atomic E-state index is 12.9. The van der Waals surface area contributed by atoms with Crippen molar-refractivity contribution in [2.75, 3.05) is 26.2 Å². The Bertz CT molecular complexity index is 701. The number of hydrogen-bond donors (Lipinski definition) is 1. The second-order valence-corrected chi connectivity index (χ2v) is 7.46. The van der Waals surface area contributed by atoms with E-state index in [9.17, 15) is 14.4 Å². The zero-order valence-corrected chi connectivity index (χ0v) is 16.2. The molecule has 0 spiro atoms. The van der Waals surface area contributed by atoms with Gasteiger partial charge in [-0.25, -0.2) is 0 Å². The lowest BCUT2D eigenvalue weighted by Gasteiger charge is -2.40. The van der Waals surface area contributed by atoms with Crippen LogP contribution in [0.1, 0.15) is 49.8 Å². The first-order valence-corrected chi connectivity index (χ1v) is 9.92. The van der Waals surface area contributed by atoms with Crippen molar-refractivity contribution in [3.05, 3.63) is 35.4 Å². The van der Waals surface area contributed by atoms with Crippen LogP contribution in [0.3, 0.4) is 0 Å². The van der Waals surface area contributed by atoms with Crippen molar-refractivity contribution in [2.24, 2.45) is 5.92 Å². The third-order valence-electron chi connectivity index (χ3n) is 5.66. The first-order valence-electron chi connectivity index (χ1n) is 9.92. The smallest absolute Gasteiger partial charge is 0.225 e. The third-order valence-corrected chi connectivity index (χ3v) is 5.66. The van der Waals surface area contributed by atoms with Crippen LogP contribution >= 0.6 is 0 Å². The highest BCUT2D eigenvalue weighted by Gasteiger charge is 2.39. The Morgan fingerprint density at radius 3 is 2.52 bits per heavy atom. The van der Waals surface area contributed by atoms with Crippen LogP contribution in [0, 0.1) is 12.8 Å². The lowest BCUT2D eigenvalue weighted by Crippen LogP contribution is -2.48. The number of carbonyl (C=O) groups excluding carboxylic acids is 3. The lowest BCUT2D eigenvalue weighted by molar-refractivity contribution is -0.143. The molecule has 2 fully saturated rings. The Labute approximate surface area is 160 Å². The summed E-state index contributed by atoms with van der Waals surface area (Å²) in [7, 11) is 0. The summed E-state index contributed by atoms with van der Waals surface area (Å²) in [5, 5.41) is 3.00. The van der Waals surface area contributed by atoms with Crippen LogP contribution in [0.15, 0.2) is 24.3 Å². The zero-order chi connectivity index (χ0) is 19.4. The van der Waals surface area contributed by atoms with Crippen molar-refractivity contribution >= 4 is 17.7 Å². The van der Waals surface area contributed by atoms with Gasteiger partial charge in [0.25, 0.3) is 0 Å². The van der Waals surface area contributed by atoms with Gasteiger partial charge in [-0.3, -0.25) is 14.4 Å². The molecular weight excluding hydrogens is 342 g/mol. The average molecular weight is 371 g/mol. The number of benzene rings is 1. The van der Waals surface area contributed by atoms with Crippen molar-refractivity contribution in [1.29, 1.82) is 0 Å². The summed E-state index contributed by atoms with van der Waals surface area (Å²) in [6, 6.07) is 7.85. The highest BCUT2D eigenvalue weighted by molar-refractivity contribution is 5.85. The largest absolute Gasteiger partial charge is 0.354 e. The number of amides is 3. The van der Waals surface area contributed by atoms with Gasteiger partial charge in [0.05, 0.1) is 12.0 Å². The monoisotopic (exact) mass is 371 g/mol. The maximum atomic E-state index is 12.9. The molecule has 6 heteroatoms. The number of carbonyl (C=O) groups is 3. The summed E-state index contributed by atoms with van der Waals surface area (Å²) in [5.41, 5.74) is 2.16. The molecule has 0 aliphatic carbocycles. The summed E-state index contributed by atoms with van der Waals surface area (Å²) >= 11 is 0. The molecule has 0 unspecified atom stereocenters. The molecule has 1 aromatic carbocycles. The van der Waals surface area contributed by atoms with E-state index >= 15 is 0 Å². The van der Waals surface area contributed by atoms with Crippen LogP contribution < -0.4 is 5.32 Å². The van der Waals surface area contributed by atoms with Crippen LogP contribution in [-0.4, -0.2) is 53.7 Å². The predicted molar refractivity (Wildman–Crippen MR) is 103 cm³/mol. The molecule has 2 heterocycles. The fourth-order valence-corrected chi connectivity index (χ4v) is 4.16. The normalized spacial score (nSPS) is 23.0. The van der Waals surface area contributed by atoms with Gasteiger partial charge < -0.3 is 15.1 Å². The number of hydrogen-bond acceptors (Lipinski definition) is 3. The minimum absolute atomic E-state index is 0.0295. The van der Waals surface area contributed by atoms with Gasteiger partial charge in [-0.15, -0.1) is 0 Å². The Morgan fingerprint density at radius 1 is 1.15 bits per heavy atom. The van der Waals surface area contributed by atoms with E-state index in [0.29, 0.717) is 38.9 Å². The molecule has 6 nitrogen and oxygen atoms in total. The van der Waals surface area contributed by atoms with Crippen molar-refractivity contribution < 1.29 is 14.4 Å². The molecule has 0 radical (unpaired) electrons. The summed E-state index contributed by atoms with van der Waals surface area (Å²) in [5.74, 6) is -0.0187. The van der Waals surface area contributed by atoms with Gasteiger partial charge in [0, 0.05) is 39.0 Å². The van der Waals surface area contributed by atoms with Crippen LogP contribution in [0.2, 0.25) is 0 Å². The van der Waals surface area contributed by atoms with Crippen molar-refractivity contribution in [1.82, 2.24) is 15.1 Å². The van der Waals surface area contributed by atoms with Crippen LogP contribution in [-0.2, 0) is 14.4 Å². The van der Waals surface area contributed by atoms with Crippen molar-refractivity contribution in [3.63, 3.8) is 0 Å². The van der Waals surface area contributed by atoms with Gasteiger partial charge in [0.2, 0.25) is 17.7 Å². The fourth-order valence-electron chi connectivity index (χ4n) is 4.16. The van der Waals surface area contributed by atoms with Crippen LogP contribution in [0.5, 0.6) is 0 Å². The van der Waals surface area contributed by atoms with E-state index in [2.05, 4.69) is 5.32 Å². The van der Waals surface area contributed by atoms with Gasteiger partial charge in [0.15, 0.2) is 0 Å². The molecule has 0 aromatic heterocycles. The number of nitrogens with zero attached hydrogens (tertiary/aromatic N) is 2. The third kappa shape index (κ3) is 4.31. The van der Waals surface area contributed by atoms with Crippen molar-refractivity contribution in [3.8, 4) is 0 Å². The Morgan fingerprint density at radius 2 is 1.89 bits per heavy atom. The van der Waals surface area contributed by atoms with Gasteiger partial charge in [0.1, 0.15) is 0 Å². The van der Waals surface area contributed by atoms with E-state index in [1.165, 1.54) is 0 Å². The molecule has 1 N–H and O–H groups in total. The molecule has 2 atom stereocenters. The second kappa shape index (κ2) is 8.55. The van der Waals surface area contributed by atoms with E-state index in [0.717, 1.165) is 24.1 Å². The molecule has 27 heavy (non-hydrogen) atoms. The predicted octanol–water partition coefficient (Wildman–Crippen LogP) is 2.03. The number of aryl methyl sites for hydroxylation is 1. The number of likely N-dealkylation sites (tertiary alicyclic amines) is 2. The Balaban J connectivity index is 1.70. The Hall–Kier alpha value is -2.37. The first kappa shape index (κ1) is 19.4. The Kier molecular flexibility index (Phi) is 6.14. The van der Waals surface area contributed by atoms with E-state index in [1.807, 2.05) is 43.0 Å². The summed E-state index contributed by atoms with van der Waals surface area (Å²) in [6.07, 6.45) is 2.47. The van der Waals surface area contributed by atoms with Crippen LogP contribution in [0.25, 0.3) is 0 Å². The van der Waals surface area contributed by atoms with Gasteiger partial charge in [-0.1, -0.05) is 29.8 Å². The van der Waals surface area contributed by atoms with E-state index in [4.69, 9.17) is 0 Å². The molecule has 1 aromatic rings. The van der Waals surface area contributed by atoms with Gasteiger partial charge in [-0.05, 0) is 32.3 Å². The molecule has 3 amide bonds. The average Bonchev–Trinajstić information content (AvgIpc) is 3.07. The molecule has 2 saturated heterocycles. The first-order chi connectivity index (χ1) is 13.0. The number of nitrogens with one attached hydrogen (secondary N) is 1. The van der Waals surface area contributed by atoms with E-state index < -0.39 is 0 Å². The molecule has 0 saturated carbocycles. The summed E-state index contributed by atoms with van der Waals surface area (Å²) in [4.78, 5) is 40.7. The quantitative estimate of drug-likeness (QED) is 0.832. The van der Waals surface area contributed by atoms with Crippen molar-refractivity contribution in [2.45, 2.75) is 45.6 Å². The highest BCUT2D eigenvalue weighted by Crippen LogP contribution is 2.36. The topological polar surface area (TPSA) is 69.7 Å². The minimum Gasteiger partial charge on any atom is -0.354 e. The molecule has 2 aliphatic rings. The highest BCUT2D eigenvalue weighted by atomic mass is 16.2. The zero-order valence-electron chi connectivity index (χ0n) is 16.2. The fraction of sp³-hybridized carbons (Fsp3) is 0.571. The number of piperidine rings is 1. The maximum Gasteiger partial charge on any atom is 0.225 e. The van der Waals surface area contributed by atoms with Gasteiger partial charge in [-0.2, -0.15) is 0 Å². The van der Waals surface area contributed by atoms with Gasteiger partial charge >= 0.3 is 0 Å².